The maximum absolute atomic E-state index is 13.3. The molecule has 1 aromatic carbocycles. The number of rotatable bonds is 14. The Labute approximate surface area is 331 Å². The zero-order chi connectivity index (χ0) is 42.2. The Hall–Kier alpha value is -4.32. The van der Waals surface area contributed by atoms with Crippen molar-refractivity contribution in [1.29, 1.82) is 0 Å². The molecule has 4 heterocycles. The standard InChI is InChI=1S/C41H56N4O12/c1-23(2)32-31(21-30-12-11-29(20-24(30)3)10-8-9-16-44-17-13-38(14-18-44)15-19-45(22-38)37(51)52)35(43-42-32)57-36-40(54,27(6)48)41(55,28(7)49)39(53,26(5)47)34(56-36)33(50)25(4)46/h8,10-12,20,23,33-34,36,50,53-55H,9,13-19,21-22H2,1-7H3,(H,42,43)(H,51,52)/b10-8+/t33?,34-,36+,39-,40+,41+/m1/s1. The molecule has 6 atom stereocenters. The lowest BCUT2D eigenvalue weighted by Crippen LogP contribution is -2.87. The third-order valence-corrected chi connectivity index (χ3v) is 12.4. The second-order valence-electron chi connectivity index (χ2n) is 16.4. The molecule has 3 aliphatic rings. The van der Waals surface area contributed by atoms with E-state index in [1.165, 1.54) is 4.90 Å². The van der Waals surface area contributed by atoms with Gasteiger partial charge in [0.1, 0.15) is 12.2 Å². The molecular formula is C41H56N4O12. The minimum absolute atomic E-state index is 0.109. The van der Waals surface area contributed by atoms with Crippen LogP contribution >= 0.6 is 0 Å². The van der Waals surface area contributed by atoms with E-state index in [-0.39, 0.29) is 23.6 Å². The maximum Gasteiger partial charge on any atom is 0.407 e. The largest absolute Gasteiger partial charge is 0.465 e. The fraction of sp³-hybridized carbons (Fsp3) is 0.610. The van der Waals surface area contributed by atoms with Crippen molar-refractivity contribution in [2.24, 2.45) is 5.41 Å². The van der Waals surface area contributed by atoms with Gasteiger partial charge >= 0.3 is 6.09 Å². The Bertz CT molecular complexity index is 1920. The Kier molecular flexibility index (Phi) is 12.7. The van der Waals surface area contributed by atoms with E-state index in [1.807, 2.05) is 39.0 Å². The second-order valence-corrected chi connectivity index (χ2v) is 16.4. The number of aryl methyl sites for hydroxylation is 1. The highest BCUT2D eigenvalue weighted by molar-refractivity contribution is 6.05. The van der Waals surface area contributed by atoms with Crippen LogP contribution in [-0.4, -0.2) is 143 Å². The molecule has 16 nitrogen and oxygen atoms in total. The van der Waals surface area contributed by atoms with Gasteiger partial charge in [0.2, 0.25) is 23.4 Å². The molecule has 1 spiro atoms. The van der Waals surface area contributed by atoms with E-state index in [1.54, 1.807) is 0 Å². The van der Waals surface area contributed by atoms with Crippen molar-refractivity contribution in [3.63, 3.8) is 0 Å². The SMILES string of the molecule is CC(=O)C(O)[C@H]1O[C@@H](Oc2n[nH]c(C(C)C)c2Cc2ccc(/C=C/CCN3CCC4(CC3)CCN(C(=O)O)C4)cc2C)[C@@](O)(C(C)=O)[C@](O)(C(C)=O)[C@@]1(O)C(C)=O. The molecule has 1 amide bonds. The number of amides is 1. The molecule has 0 bridgehead atoms. The molecule has 5 rings (SSSR count). The van der Waals surface area contributed by atoms with E-state index in [0.717, 1.165) is 89.7 Å². The van der Waals surface area contributed by atoms with Crippen LogP contribution in [-0.2, 0) is 30.3 Å². The third kappa shape index (κ3) is 7.82. The minimum Gasteiger partial charge on any atom is -0.465 e. The summed E-state index contributed by atoms with van der Waals surface area (Å²) in [6, 6.07) is 5.95. The number of aliphatic hydroxyl groups is 4. The Morgan fingerprint density at radius 1 is 0.982 bits per heavy atom. The van der Waals surface area contributed by atoms with Crippen LogP contribution < -0.4 is 4.74 Å². The number of aromatic nitrogens is 2. The Morgan fingerprint density at radius 3 is 2.14 bits per heavy atom. The number of likely N-dealkylation sites (tertiary alicyclic amines) is 2. The van der Waals surface area contributed by atoms with Crippen LogP contribution in [0.4, 0.5) is 4.79 Å². The topological polar surface area (TPSA) is 240 Å². The lowest BCUT2D eigenvalue weighted by Gasteiger charge is -2.57. The predicted molar refractivity (Wildman–Crippen MR) is 206 cm³/mol. The number of nitrogens with one attached hydrogen (secondary N) is 1. The third-order valence-electron chi connectivity index (χ3n) is 12.4. The first kappa shape index (κ1) is 43.8. The summed E-state index contributed by atoms with van der Waals surface area (Å²) in [5.74, 6) is -5.45. The fourth-order valence-electron chi connectivity index (χ4n) is 8.69. The van der Waals surface area contributed by atoms with E-state index >= 15 is 0 Å². The molecule has 3 fully saturated rings. The van der Waals surface area contributed by atoms with E-state index < -0.39 is 64.5 Å². The van der Waals surface area contributed by atoms with Crippen molar-refractivity contribution in [3.8, 4) is 5.88 Å². The first-order valence-electron chi connectivity index (χ1n) is 19.4. The van der Waals surface area contributed by atoms with Gasteiger partial charge in [0.05, 0.1) is 0 Å². The number of H-pyrrole nitrogens is 1. The van der Waals surface area contributed by atoms with Crippen molar-refractivity contribution in [2.45, 2.75) is 122 Å². The van der Waals surface area contributed by atoms with Gasteiger partial charge in [-0.3, -0.25) is 24.3 Å². The summed E-state index contributed by atoms with van der Waals surface area (Å²) in [5, 5.41) is 62.9. The van der Waals surface area contributed by atoms with E-state index in [9.17, 15) is 49.5 Å². The second kappa shape index (κ2) is 16.5. The molecule has 6 N–H and O–H groups in total. The number of ketones is 4. The Morgan fingerprint density at radius 2 is 1.61 bits per heavy atom. The summed E-state index contributed by atoms with van der Waals surface area (Å²) in [4.78, 5) is 67.1. The lowest BCUT2D eigenvalue weighted by atomic mass is 9.60. The number of carboxylic acid groups (broad SMARTS) is 1. The molecule has 57 heavy (non-hydrogen) atoms. The van der Waals surface area contributed by atoms with Crippen molar-refractivity contribution in [2.75, 3.05) is 32.7 Å². The van der Waals surface area contributed by atoms with Gasteiger partial charge in [0.15, 0.2) is 28.7 Å². The Balaban J connectivity index is 1.35. The predicted octanol–water partition coefficient (Wildman–Crippen LogP) is 2.32. The van der Waals surface area contributed by atoms with Gasteiger partial charge in [-0.1, -0.05) is 44.2 Å². The van der Waals surface area contributed by atoms with Crippen LogP contribution in [0.3, 0.4) is 0 Å². The number of nitrogens with zero attached hydrogens (tertiary/aromatic N) is 3. The van der Waals surface area contributed by atoms with Gasteiger partial charge in [-0.05, 0) is 101 Å². The van der Waals surface area contributed by atoms with Gasteiger partial charge in [-0.15, -0.1) is 5.10 Å². The molecule has 0 saturated carbocycles. The zero-order valence-electron chi connectivity index (χ0n) is 33.7. The monoisotopic (exact) mass is 796 g/mol. The summed E-state index contributed by atoms with van der Waals surface area (Å²) >= 11 is 0. The highest BCUT2D eigenvalue weighted by Crippen LogP contribution is 2.48. The average Bonchev–Trinajstić information content (AvgIpc) is 3.75. The van der Waals surface area contributed by atoms with Crippen LogP contribution in [0.15, 0.2) is 24.3 Å². The minimum atomic E-state index is -3.64. The molecule has 3 aliphatic heterocycles. The number of benzene rings is 1. The van der Waals surface area contributed by atoms with Gasteiger partial charge in [-0.2, -0.15) is 0 Å². The normalized spacial score (nSPS) is 28.2. The van der Waals surface area contributed by atoms with Crippen LogP contribution in [0.1, 0.15) is 101 Å². The van der Waals surface area contributed by atoms with Crippen LogP contribution in [0.25, 0.3) is 6.08 Å². The molecular weight excluding hydrogens is 740 g/mol. The first-order valence-corrected chi connectivity index (χ1v) is 19.4. The summed E-state index contributed by atoms with van der Waals surface area (Å²) in [5.41, 5.74) is -6.54. The van der Waals surface area contributed by atoms with Gasteiger partial charge < -0.3 is 44.8 Å². The van der Waals surface area contributed by atoms with E-state index in [4.69, 9.17) is 9.47 Å². The number of piperidine rings is 1. The summed E-state index contributed by atoms with van der Waals surface area (Å²) < 4.78 is 11.7. The molecule has 0 radical (unpaired) electrons. The van der Waals surface area contributed by atoms with Gasteiger partial charge in [0.25, 0.3) is 0 Å². The van der Waals surface area contributed by atoms with Crippen molar-refractivity contribution >= 4 is 35.3 Å². The van der Waals surface area contributed by atoms with E-state index in [2.05, 4.69) is 27.2 Å². The number of aromatic amines is 1. The summed E-state index contributed by atoms with van der Waals surface area (Å²) in [6.07, 6.45) is 0.374. The molecule has 3 saturated heterocycles. The fourth-order valence-corrected chi connectivity index (χ4v) is 8.69. The number of ether oxygens (including phenoxy) is 2. The number of Topliss-reactive ketones (excluding diaryl/α,β-unsaturated/α-hetero) is 4. The lowest BCUT2D eigenvalue weighted by molar-refractivity contribution is -0.358. The zero-order valence-corrected chi connectivity index (χ0v) is 33.7. The van der Waals surface area contributed by atoms with Crippen molar-refractivity contribution in [1.82, 2.24) is 20.0 Å². The van der Waals surface area contributed by atoms with Gasteiger partial charge in [0, 0.05) is 37.3 Å². The number of carbonyl (C=O) groups excluding carboxylic acids is 4. The van der Waals surface area contributed by atoms with Crippen LogP contribution in [0, 0.1) is 12.3 Å². The van der Waals surface area contributed by atoms with Gasteiger partial charge in [-0.25, -0.2) is 4.79 Å². The number of aliphatic hydroxyl groups excluding tert-OH is 1. The van der Waals surface area contributed by atoms with Crippen molar-refractivity contribution < 1.29 is 59.0 Å². The highest BCUT2D eigenvalue weighted by Gasteiger charge is 2.80. The number of hydrogen-bond acceptors (Lipinski definition) is 13. The molecule has 1 aromatic heterocycles. The van der Waals surface area contributed by atoms with E-state index in [0.29, 0.717) is 24.3 Å². The number of carbonyl (C=O) groups is 5. The first-order chi connectivity index (χ1) is 26.6. The quantitative estimate of drug-likeness (QED) is 0.161. The maximum atomic E-state index is 13.3. The summed E-state index contributed by atoms with van der Waals surface area (Å²) in [6.45, 7) is 13.0. The molecule has 16 heteroatoms. The smallest absolute Gasteiger partial charge is 0.407 e. The molecule has 0 aliphatic carbocycles. The van der Waals surface area contributed by atoms with Crippen LogP contribution in [0.2, 0.25) is 0 Å². The average molecular weight is 797 g/mol. The molecule has 2 aromatic rings. The summed E-state index contributed by atoms with van der Waals surface area (Å²) in [7, 11) is 0. The molecule has 312 valence electrons. The number of hydrogen-bond donors (Lipinski definition) is 6. The highest BCUT2D eigenvalue weighted by atomic mass is 16.7. The van der Waals surface area contributed by atoms with Crippen molar-refractivity contribution in [3.05, 3.63) is 52.2 Å². The molecule has 1 unspecified atom stereocenters. The van der Waals surface area contributed by atoms with Crippen LogP contribution in [0.5, 0.6) is 5.88 Å².